The summed E-state index contributed by atoms with van der Waals surface area (Å²) in [6, 6.07) is 2.06. The molecule has 0 radical (unpaired) electrons. The summed E-state index contributed by atoms with van der Waals surface area (Å²) in [7, 11) is 1.71. The monoisotopic (exact) mass is 472 g/mol. The van der Waals surface area contributed by atoms with Crippen LogP contribution in [-0.2, 0) is 11.8 Å². The highest BCUT2D eigenvalue weighted by molar-refractivity contribution is 8.26. The second-order valence-corrected chi connectivity index (χ2v) is 10.2. The summed E-state index contributed by atoms with van der Waals surface area (Å²) in [5, 5.41) is 9.58. The fourth-order valence-corrected chi connectivity index (χ4v) is 5.69. The van der Waals surface area contributed by atoms with Crippen LogP contribution in [0.3, 0.4) is 0 Å². The molecule has 8 heteroatoms. The number of anilines is 1. The zero-order valence-corrected chi connectivity index (χ0v) is 20.9. The van der Waals surface area contributed by atoms with Crippen LogP contribution in [0, 0.1) is 18.3 Å². The Bertz CT molecular complexity index is 1020. The van der Waals surface area contributed by atoms with Crippen LogP contribution in [0.15, 0.2) is 9.70 Å². The summed E-state index contributed by atoms with van der Waals surface area (Å²) in [5.41, 5.74) is 1.23. The van der Waals surface area contributed by atoms with E-state index in [4.69, 9.17) is 12.2 Å². The van der Waals surface area contributed by atoms with Crippen LogP contribution >= 0.6 is 24.0 Å². The molecule has 0 unspecified atom stereocenters. The van der Waals surface area contributed by atoms with Crippen molar-refractivity contribution in [3.05, 3.63) is 31.9 Å². The summed E-state index contributed by atoms with van der Waals surface area (Å²) < 4.78 is 2.14. The Morgan fingerprint density at radius 1 is 1.12 bits per heavy atom. The Kier molecular flexibility index (Phi) is 8.55. The Morgan fingerprint density at radius 2 is 1.78 bits per heavy atom. The smallest absolute Gasteiger partial charge is 0.270 e. The van der Waals surface area contributed by atoms with Crippen molar-refractivity contribution in [3.8, 4) is 6.07 Å². The van der Waals surface area contributed by atoms with E-state index in [9.17, 15) is 14.9 Å². The maximum absolute atomic E-state index is 13.1. The van der Waals surface area contributed by atoms with Gasteiger partial charge in [-0.05, 0) is 37.8 Å². The standard InChI is InChI=1S/C24H32N4O2S2/c1-4-5-6-7-8-9-14-28-23(30)20(32-24(28)31)15-18-17(2)19(16-25)22(29)26(3)21(18)27-12-10-11-13-27/h15H,4-14H2,1-3H3/b20-15-. The first kappa shape index (κ1) is 24.5. The van der Waals surface area contributed by atoms with Crippen LogP contribution in [0.5, 0.6) is 0 Å². The minimum absolute atomic E-state index is 0.0762. The van der Waals surface area contributed by atoms with Gasteiger partial charge in [-0.25, -0.2) is 0 Å². The van der Waals surface area contributed by atoms with Gasteiger partial charge < -0.3 is 4.90 Å². The molecule has 0 bridgehead atoms. The molecule has 0 atom stereocenters. The van der Waals surface area contributed by atoms with Crippen LogP contribution in [0.1, 0.15) is 75.0 Å². The molecule has 6 nitrogen and oxygen atoms in total. The predicted octanol–water partition coefficient (Wildman–Crippen LogP) is 4.73. The SMILES string of the molecule is CCCCCCCCN1C(=O)/C(=C/c2c(C)c(C#N)c(=O)n(C)c2N2CCCC2)SC1=S. The van der Waals surface area contributed by atoms with Gasteiger partial charge in [-0.1, -0.05) is 63.0 Å². The second kappa shape index (κ2) is 11.2. The Morgan fingerprint density at radius 3 is 2.44 bits per heavy atom. The third-order valence-electron chi connectivity index (χ3n) is 6.26. The molecule has 2 fully saturated rings. The summed E-state index contributed by atoms with van der Waals surface area (Å²) in [6.07, 6.45) is 10.9. The maximum Gasteiger partial charge on any atom is 0.270 e. The number of pyridine rings is 1. The lowest BCUT2D eigenvalue weighted by molar-refractivity contribution is -0.122. The molecular formula is C24H32N4O2S2. The van der Waals surface area contributed by atoms with E-state index in [1.165, 1.54) is 37.4 Å². The highest BCUT2D eigenvalue weighted by atomic mass is 32.2. The van der Waals surface area contributed by atoms with E-state index in [-0.39, 0.29) is 17.0 Å². The van der Waals surface area contributed by atoms with Crippen LogP contribution in [0.25, 0.3) is 6.08 Å². The molecule has 2 aliphatic rings. The van der Waals surface area contributed by atoms with E-state index in [0.717, 1.165) is 50.2 Å². The molecule has 0 aliphatic carbocycles. The average Bonchev–Trinajstić information content (AvgIpc) is 3.39. The number of carbonyl (C=O) groups is 1. The zero-order valence-electron chi connectivity index (χ0n) is 19.3. The molecule has 3 heterocycles. The largest absolute Gasteiger partial charge is 0.357 e. The Balaban J connectivity index is 1.88. The number of thiocarbonyl (C=S) groups is 1. The number of aromatic nitrogens is 1. The van der Waals surface area contributed by atoms with Gasteiger partial charge in [0.25, 0.3) is 11.5 Å². The molecule has 1 aromatic rings. The number of hydrogen-bond donors (Lipinski definition) is 0. The molecule has 172 valence electrons. The Hall–Kier alpha value is -2.11. The summed E-state index contributed by atoms with van der Waals surface area (Å²) in [5.74, 6) is 0.706. The van der Waals surface area contributed by atoms with Gasteiger partial charge in [0.1, 0.15) is 21.8 Å². The van der Waals surface area contributed by atoms with Crippen molar-refractivity contribution in [1.82, 2.24) is 9.47 Å². The first-order valence-corrected chi connectivity index (χ1v) is 12.8. The van der Waals surface area contributed by atoms with E-state index < -0.39 is 0 Å². The van der Waals surface area contributed by atoms with Gasteiger partial charge in [-0.3, -0.25) is 19.1 Å². The van der Waals surface area contributed by atoms with Gasteiger partial charge in [0.15, 0.2) is 0 Å². The van der Waals surface area contributed by atoms with E-state index in [1.54, 1.807) is 23.4 Å². The quantitative estimate of drug-likeness (QED) is 0.294. The number of hydrogen-bond acceptors (Lipinski definition) is 6. The van der Waals surface area contributed by atoms with Crippen molar-refractivity contribution in [1.29, 1.82) is 5.26 Å². The van der Waals surface area contributed by atoms with Crippen molar-refractivity contribution in [3.63, 3.8) is 0 Å². The van der Waals surface area contributed by atoms with E-state index in [0.29, 0.717) is 21.3 Å². The first-order chi connectivity index (χ1) is 15.4. The molecule has 3 rings (SSSR count). The van der Waals surface area contributed by atoms with Crippen molar-refractivity contribution in [2.24, 2.45) is 7.05 Å². The van der Waals surface area contributed by atoms with Crippen LogP contribution < -0.4 is 10.5 Å². The van der Waals surface area contributed by atoms with E-state index in [2.05, 4.69) is 17.9 Å². The van der Waals surface area contributed by atoms with Gasteiger partial charge >= 0.3 is 0 Å². The minimum Gasteiger partial charge on any atom is -0.357 e. The predicted molar refractivity (Wildman–Crippen MR) is 136 cm³/mol. The fraction of sp³-hybridized carbons (Fsp3) is 0.583. The number of amides is 1. The first-order valence-electron chi connectivity index (χ1n) is 11.5. The van der Waals surface area contributed by atoms with E-state index in [1.807, 2.05) is 6.08 Å². The molecule has 0 N–H and O–H groups in total. The van der Waals surface area contributed by atoms with Gasteiger partial charge in [0, 0.05) is 32.2 Å². The molecular weight excluding hydrogens is 440 g/mol. The number of unbranched alkanes of at least 4 members (excludes halogenated alkanes) is 5. The molecule has 0 spiro atoms. The van der Waals surface area contributed by atoms with Crippen molar-refractivity contribution >= 4 is 46.1 Å². The van der Waals surface area contributed by atoms with Crippen molar-refractivity contribution in [2.75, 3.05) is 24.5 Å². The number of nitriles is 1. The number of thioether (sulfide) groups is 1. The number of nitrogens with zero attached hydrogens (tertiary/aromatic N) is 4. The zero-order chi connectivity index (χ0) is 23.3. The minimum atomic E-state index is -0.292. The lowest BCUT2D eigenvalue weighted by Crippen LogP contribution is -2.31. The van der Waals surface area contributed by atoms with Crippen LogP contribution in [0.2, 0.25) is 0 Å². The molecule has 0 aromatic carbocycles. The molecule has 0 saturated carbocycles. The lowest BCUT2D eigenvalue weighted by atomic mass is 10.0. The topological polar surface area (TPSA) is 69.3 Å². The third-order valence-corrected chi connectivity index (χ3v) is 7.64. The molecule has 2 aliphatic heterocycles. The number of rotatable bonds is 9. The van der Waals surface area contributed by atoms with Crippen molar-refractivity contribution < 1.29 is 4.79 Å². The second-order valence-electron chi connectivity index (χ2n) is 8.51. The maximum atomic E-state index is 13.1. The molecule has 2 saturated heterocycles. The highest BCUT2D eigenvalue weighted by Crippen LogP contribution is 2.36. The summed E-state index contributed by atoms with van der Waals surface area (Å²) in [4.78, 5) is 30.3. The molecule has 1 aromatic heterocycles. The van der Waals surface area contributed by atoms with Gasteiger partial charge in [0.05, 0.1) is 4.91 Å². The molecule has 32 heavy (non-hydrogen) atoms. The van der Waals surface area contributed by atoms with Crippen molar-refractivity contribution in [2.45, 2.75) is 65.2 Å². The highest BCUT2D eigenvalue weighted by Gasteiger charge is 2.33. The van der Waals surface area contributed by atoms with Crippen LogP contribution in [0.4, 0.5) is 5.82 Å². The average molecular weight is 473 g/mol. The Labute approximate surface area is 200 Å². The summed E-state index contributed by atoms with van der Waals surface area (Å²) in [6.45, 7) is 6.36. The number of carbonyl (C=O) groups excluding carboxylic acids is 1. The van der Waals surface area contributed by atoms with Gasteiger partial charge in [-0.15, -0.1) is 0 Å². The van der Waals surface area contributed by atoms with Crippen LogP contribution in [-0.4, -0.2) is 39.3 Å². The van der Waals surface area contributed by atoms with E-state index >= 15 is 0 Å². The van der Waals surface area contributed by atoms with Gasteiger partial charge in [0.2, 0.25) is 0 Å². The fourth-order valence-electron chi connectivity index (χ4n) is 4.40. The third kappa shape index (κ3) is 5.10. The lowest BCUT2D eigenvalue weighted by Gasteiger charge is -2.25. The summed E-state index contributed by atoms with van der Waals surface area (Å²) >= 11 is 6.82. The van der Waals surface area contributed by atoms with Gasteiger partial charge in [-0.2, -0.15) is 5.26 Å². The molecule has 1 amide bonds. The normalized spacial score (nSPS) is 17.6.